The minimum absolute atomic E-state index is 0.352. The number of carbonyl (C=O) groups excluding carboxylic acids is 1. The molecule has 1 aromatic heterocycles. The topological polar surface area (TPSA) is 123 Å². The molecule has 9 nitrogen and oxygen atoms in total. The van der Waals surface area contributed by atoms with Gasteiger partial charge in [-0.05, 0) is 45.4 Å². The Bertz CT molecular complexity index is 878. The number of benzene rings is 1. The van der Waals surface area contributed by atoms with Crippen molar-refractivity contribution in [3.05, 3.63) is 35.6 Å². The van der Waals surface area contributed by atoms with Crippen LogP contribution >= 0.6 is 11.6 Å². The fourth-order valence-corrected chi connectivity index (χ4v) is 2.72. The van der Waals surface area contributed by atoms with Gasteiger partial charge in [0.25, 0.3) is 0 Å². The molecule has 0 unspecified atom stereocenters. The standard InChI is InChI=1S/C20H26ClN3O6/c1-20(2,3)30-19(28)22-7-4-8-24-11-13(10-23-24)15-6-5-14(9-16(15)21)29-12-17(25)18(26)27/h5-6,9-11,17,25H,4,7-8,12H2,1-3H3,(H,22,28)(H,26,27)/t17-/m1/s1. The Morgan fingerprint density at radius 2 is 2.07 bits per heavy atom. The number of nitrogens with one attached hydrogen (secondary N) is 1. The van der Waals surface area contributed by atoms with Crippen LogP contribution in [-0.4, -0.2) is 56.9 Å². The minimum Gasteiger partial charge on any atom is -0.490 e. The van der Waals surface area contributed by atoms with Gasteiger partial charge in [0.1, 0.15) is 18.0 Å². The summed E-state index contributed by atoms with van der Waals surface area (Å²) in [7, 11) is 0. The van der Waals surface area contributed by atoms with E-state index in [-0.39, 0.29) is 6.61 Å². The lowest BCUT2D eigenvalue weighted by Crippen LogP contribution is -2.33. The van der Waals surface area contributed by atoms with Crippen LogP contribution in [0.4, 0.5) is 4.79 Å². The van der Waals surface area contributed by atoms with Crippen molar-refractivity contribution in [2.75, 3.05) is 13.2 Å². The number of carbonyl (C=O) groups is 2. The quantitative estimate of drug-likeness (QED) is 0.513. The van der Waals surface area contributed by atoms with E-state index in [4.69, 9.17) is 26.2 Å². The van der Waals surface area contributed by atoms with Gasteiger partial charge in [-0.3, -0.25) is 4.68 Å². The summed E-state index contributed by atoms with van der Waals surface area (Å²) in [5.41, 5.74) is 1.01. The number of aromatic nitrogens is 2. The number of rotatable bonds is 9. The molecular weight excluding hydrogens is 414 g/mol. The number of carboxylic acid groups (broad SMARTS) is 1. The smallest absolute Gasteiger partial charge is 0.407 e. The van der Waals surface area contributed by atoms with Gasteiger partial charge in [-0.25, -0.2) is 9.59 Å². The van der Waals surface area contributed by atoms with Crippen LogP contribution in [0.25, 0.3) is 11.1 Å². The van der Waals surface area contributed by atoms with E-state index in [0.717, 1.165) is 11.1 Å². The molecule has 0 aliphatic rings. The molecule has 0 spiro atoms. The summed E-state index contributed by atoms with van der Waals surface area (Å²) in [4.78, 5) is 22.2. The Morgan fingerprint density at radius 1 is 1.33 bits per heavy atom. The summed E-state index contributed by atoms with van der Waals surface area (Å²) in [6, 6.07) is 4.92. The molecule has 0 bridgehead atoms. The zero-order valence-electron chi connectivity index (χ0n) is 17.1. The molecule has 0 fully saturated rings. The number of amides is 1. The summed E-state index contributed by atoms with van der Waals surface area (Å²) < 4.78 is 12.2. The molecule has 0 aliphatic heterocycles. The highest BCUT2D eigenvalue weighted by molar-refractivity contribution is 6.33. The van der Waals surface area contributed by atoms with Gasteiger partial charge in [-0.1, -0.05) is 11.6 Å². The Labute approximate surface area is 179 Å². The zero-order chi connectivity index (χ0) is 22.3. The molecular formula is C20H26ClN3O6. The highest BCUT2D eigenvalue weighted by Gasteiger charge is 2.16. The first-order valence-corrected chi connectivity index (χ1v) is 9.76. The second-order valence-corrected chi connectivity index (χ2v) is 7.99. The zero-order valence-corrected chi connectivity index (χ0v) is 17.8. The van der Waals surface area contributed by atoms with Crippen LogP contribution < -0.4 is 10.1 Å². The minimum atomic E-state index is -1.61. The van der Waals surface area contributed by atoms with Gasteiger partial charge in [0, 0.05) is 30.4 Å². The van der Waals surface area contributed by atoms with Crippen molar-refractivity contribution in [3.8, 4) is 16.9 Å². The van der Waals surface area contributed by atoms with Crippen LogP contribution in [0.1, 0.15) is 27.2 Å². The Morgan fingerprint density at radius 3 is 2.70 bits per heavy atom. The van der Waals surface area contributed by atoms with Crippen molar-refractivity contribution in [2.45, 2.75) is 45.4 Å². The van der Waals surface area contributed by atoms with Crippen molar-refractivity contribution in [3.63, 3.8) is 0 Å². The third kappa shape index (κ3) is 7.57. The van der Waals surface area contributed by atoms with Crippen molar-refractivity contribution in [1.82, 2.24) is 15.1 Å². The predicted octanol–water partition coefficient (Wildman–Crippen LogP) is 2.94. The first-order valence-electron chi connectivity index (χ1n) is 9.38. The van der Waals surface area contributed by atoms with Crippen LogP contribution in [0.5, 0.6) is 5.75 Å². The van der Waals surface area contributed by atoms with Crippen molar-refractivity contribution in [1.29, 1.82) is 0 Å². The number of carboxylic acids is 1. The van der Waals surface area contributed by atoms with Crippen molar-refractivity contribution < 1.29 is 29.3 Å². The molecule has 0 saturated heterocycles. The normalized spacial score (nSPS) is 12.3. The van der Waals surface area contributed by atoms with Gasteiger partial charge < -0.3 is 25.0 Å². The summed E-state index contributed by atoms with van der Waals surface area (Å²) in [6.45, 7) is 6.10. The number of alkyl carbamates (subject to hydrolysis) is 1. The van der Waals surface area contributed by atoms with Crippen LogP contribution in [0.3, 0.4) is 0 Å². The monoisotopic (exact) mass is 439 g/mol. The van der Waals surface area contributed by atoms with E-state index in [2.05, 4.69) is 10.4 Å². The molecule has 2 aromatic rings. The van der Waals surface area contributed by atoms with E-state index in [1.165, 1.54) is 0 Å². The van der Waals surface area contributed by atoms with E-state index >= 15 is 0 Å². The second kappa shape index (κ2) is 10.3. The number of ether oxygens (including phenoxy) is 2. The molecule has 164 valence electrons. The first-order chi connectivity index (χ1) is 14.0. The van der Waals surface area contributed by atoms with Gasteiger partial charge >= 0.3 is 12.1 Å². The Hall–Kier alpha value is -2.78. The fraction of sp³-hybridized carbons (Fsp3) is 0.450. The van der Waals surface area contributed by atoms with Crippen molar-refractivity contribution >= 4 is 23.7 Å². The number of aliphatic carboxylic acids is 1. The second-order valence-electron chi connectivity index (χ2n) is 7.58. The molecule has 0 saturated carbocycles. The van der Waals surface area contributed by atoms with Crippen LogP contribution in [-0.2, 0) is 16.1 Å². The number of nitrogens with zero attached hydrogens (tertiary/aromatic N) is 2. The molecule has 0 aliphatic carbocycles. The molecule has 2 rings (SSSR count). The van der Waals surface area contributed by atoms with Crippen LogP contribution in [0, 0.1) is 0 Å². The lowest BCUT2D eigenvalue weighted by atomic mass is 10.1. The van der Waals surface area contributed by atoms with E-state index in [1.54, 1.807) is 49.8 Å². The molecule has 1 amide bonds. The van der Waals surface area contributed by atoms with E-state index < -0.39 is 23.8 Å². The molecule has 1 aromatic carbocycles. The molecule has 1 atom stereocenters. The first kappa shape index (κ1) is 23.5. The summed E-state index contributed by atoms with van der Waals surface area (Å²) in [5.74, 6) is -1.00. The largest absolute Gasteiger partial charge is 0.490 e. The van der Waals surface area contributed by atoms with Gasteiger partial charge in [-0.2, -0.15) is 5.10 Å². The molecule has 0 radical (unpaired) electrons. The number of halogens is 1. The summed E-state index contributed by atoms with van der Waals surface area (Å²) >= 11 is 6.31. The maximum Gasteiger partial charge on any atom is 0.407 e. The lowest BCUT2D eigenvalue weighted by molar-refractivity contribution is -0.148. The highest BCUT2D eigenvalue weighted by atomic mass is 35.5. The number of hydrogen-bond acceptors (Lipinski definition) is 6. The Kier molecular flexibility index (Phi) is 8.08. The average molecular weight is 440 g/mol. The number of aliphatic hydroxyl groups is 1. The average Bonchev–Trinajstić information content (AvgIpc) is 3.10. The SMILES string of the molecule is CC(C)(C)OC(=O)NCCCn1cc(-c2ccc(OC[C@@H](O)C(=O)O)cc2Cl)cn1. The predicted molar refractivity (Wildman–Crippen MR) is 111 cm³/mol. The van der Waals surface area contributed by atoms with Gasteiger partial charge in [0.05, 0.1) is 11.2 Å². The third-order valence-corrected chi connectivity index (χ3v) is 4.12. The maximum atomic E-state index is 11.6. The Balaban J connectivity index is 1.86. The van der Waals surface area contributed by atoms with Gasteiger partial charge in [0.15, 0.2) is 6.10 Å². The summed E-state index contributed by atoms with van der Waals surface area (Å²) in [5, 5.41) is 25.3. The van der Waals surface area contributed by atoms with E-state index in [9.17, 15) is 14.7 Å². The third-order valence-electron chi connectivity index (χ3n) is 3.81. The highest BCUT2D eigenvalue weighted by Crippen LogP contribution is 2.31. The van der Waals surface area contributed by atoms with Gasteiger partial charge in [-0.15, -0.1) is 0 Å². The van der Waals surface area contributed by atoms with Crippen LogP contribution in [0.15, 0.2) is 30.6 Å². The fourth-order valence-electron chi connectivity index (χ4n) is 2.44. The van der Waals surface area contributed by atoms with E-state index in [0.29, 0.717) is 30.3 Å². The number of hydrogen-bond donors (Lipinski definition) is 3. The molecule has 1 heterocycles. The number of aryl methyl sites for hydroxylation is 1. The van der Waals surface area contributed by atoms with E-state index in [1.807, 2.05) is 6.20 Å². The molecule has 30 heavy (non-hydrogen) atoms. The summed E-state index contributed by atoms with van der Waals surface area (Å²) in [6.07, 6.45) is 2.13. The molecule has 10 heteroatoms. The maximum absolute atomic E-state index is 11.6. The van der Waals surface area contributed by atoms with Gasteiger partial charge in [0.2, 0.25) is 0 Å². The van der Waals surface area contributed by atoms with Crippen LogP contribution in [0.2, 0.25) is 5.02 Å². The number of aliphatic hydroxyl groups excluding tert-OH is 1. The lowest BCUT2D eigenvalue weighted by Gasteiger charge is -2.19. The van der Waals surface area contributed by atoms with Crippen molar-refractivity contribution in [2.24, 2.45) is 0 Å². The molecule has 3 N–H and O–H groups in total.